The predicted octanol–water partition coefficient (Wildman–Crippen LogP) is 2.31. The van der Waals surface area contributed by atoms with Gasteiger partial charge in [-0.05, 0) is 43.6 Å². The second-order valence-corrected chi connectivity index (χ2v) is 4.40. The number of nitrogens with two attached hydrogens (primary N) is 1. The Kier molecular flexibility index (Phi) is 3.91. The van der Waals surface area contributed by atoms with Gasteiger partial charge in [-0.3, -0.25) is 4.90 Å². The maximum atomic E-state index is 12.9. The largest absolute Gasteiger partial charge is 0.329 e. The molecule has 0 aliphatic carbocycles. The summed E-state index contributed by atoms with van der Waals surface area (Å²) in [5.41, 5.74) is 6.97. The topological polar surface area (TPSA) is 29.3 Å². The minimum atomic E-state index is -0.182. The van der Waals surface area contributed by atoms with E-state index in [0.29, 0.717) is 6.54 Å². The van der Waals surface area contributed by atoms with Gasteiger partial charge < -0.3 is 5.73 Å². The van der Waals surface area contributed by atoms with Crippen LogP contribution in [0.3, 0.4) is 0 Å². The van der Waals surface area contributed by atoms with Gasteiger partial charge in [0.25, 0.3) is 0 Å². The molecular weight excluding hydrogens is 203 g/mol. The average Bonchev–Trinajstić information content (AvgIpc) is 2.34. The Bertz CT molecular complexity index is 317. The molecule has 0 radical (unpaired) electrons. The summed E-state index contributed by atoms with van der Waals surface area (Å²) in [5.74, 6) is -0.182. The number of halogens is 1. The molecule has 1 fully saturated rings. The van der Waals surface area contributed by atoms with Crippen molar-refractivity contribution < 1.29 is 4.39 Å². The van der Waals surface area contributed by atoms with Gasteiger partial charge in [-0.15, -0.1) is 0 Å². The summed E-state index contributed by atoms with van der Waals surface area (Å²) >= 11 is 0. The Hall–Kier alpha value is -0.930. The molecule has 2 N–H and O–H groups in total. The van der Waals surface area contributed by atoms with Gasteiger partial charge in [0.1, 0.15) is 5.82 Å². The number of hydrogen-bond donors (Lipinski definition) is 1. The van der Waals surface area contributed by atoms with E-state index in [-0.39, 0.29) is 11.9 Å². The lowest BCUT2D eigenvalue weighted by Crippen LogP contribution is -2.37. The molecule has 1 heterocycles. The maximum absolute atomic E-state index is 12.9. The van der Waals surface area contributed by atoms with Gasteiger partial charge in [-0.2, -0.15) is 0 Å². The molecule has 1 saturated heterocycles. The predicted molar refractivity (Wildman–Crippen MR) is 63.6 cm³/mol. The molecule has 0 spiro atoms. The third kappa shape index (κ3) is 2.60. The summed E-state index contributed by atoms with van der Waals surface area (Å²) in [5, 5.41) is 0. The van der Waals surface area contributed by atoms with E-state index < -0.39 is 0 Å². The monoisotopic (exact) mass is 222 g/mol. The molecule has 1 aromatic carbocycles. The van der Waals surface area contributed by atoms with Crippen molar-refractivity contribution >= 4 is 0 Å². The van der Waals surface area contributed by atoms with Crippen LogP contribution in [0.2, 0.25) is 0 Å². The molecule has 1 aromatic rings. The van der Waals surface area contributed by atoms with Gasteiger partial charge >= 0.3 is 0 Å². The lowest BCUT2D eigenvalue weighted by Gasteiger charge is -2.34. The molecule has 0 unspecified atom stereocenters. The van der Waals surface area contributed by atoms with Crippen molar-refractivity contribution in [2.24, 2.45) is 5.73 Å². The van der Waals surface area contributed by atoms with Crippen molar-refractivity contribution in [3.05, 3.63) is 35.6 Å². The van der Waals surface area contributed by atoms with Crippen LogP contribution in [0.5, 0.6) is 0 Å². The Balaban J connectivity index is 2.11. The molecule has 0 bridgehead atoms. The first-order valence-electron chi connectivity index (χ1n) is 6.01. The lowest BCUT2D eigenvalue weighted by molar-refractivity contribution is 0.167. The molecule has 1 aliphatic rings. The first-order chi connectivity index (χ1) is 7.81. The minimum Gasteiger partial charge on any atom is -0.329 e. The van der Waals surface area contributed by atoms with E-state index in [1.807, 2.05) is 12.1 Å². The molecule has 2 nitrogen and oxygen atoms in total. The summed E-state index contributed by atoms with van der Waals surface area (Å²) in [6.07, 6.45) is 3.81. The normalized spacial score (nSPS) is 19.6. The fourth-order valence-corrected chi connectivity index (χ4v) is 2.41. The SMILES string of the molecule is NC[C@H](c1ccc(F)cc1)N1CCCCC1. The third-order valence-electron chi connectivity index (χ3n) is 3.31. The second-order valence-electron chi connectivity index (χ2n) is 4.40. The van der Waals surface area contributed by atoms with E-state index in [1.165, 1.54) is 31.4 Å². The fourth-order valence-electron chi connectivity index (χ4n) is 2.41. The Labute approximate surface area is 96.2 Å². The average molecular weight is 222 g/mol. The van der Waals surface area contributed by atoms with E-state index in [1.54, 1.807) is 0 Å². The number of hydrogen-bond acceptors (Lipinski definition) is 2. The summed E-state index contributed by atoms with van der Waals surface area (Å²) in [6, 6.07) is 6.98. The van der Waals surface area contributed by atoms with Crippen molar-refractivity contribution in [3.8, 4) is 0 Å². The van der Waals surface area contributed by atoms with Crippen molar-refractivity contribution in [2.45, 2.75) is 25.3 Å². The van der Waals surface area contributed by atoms with Crippen LogP contribution in [0, 0.1) is 5.82 Å². The Morgan fingerprint density at radius 2 is 1.75 bits per heavy atom. The molecule has 88 valence electrons. The highest BCUT2D eigenvalue weighted by atomic mass is 19.1. The number of benzene rings is 1. The van der Waals surface area contributed by atoms with Crippen molar-refractivity contribution in [1.82, 2.24) is 4.90 Å². The molecule has 0 aromatic heterocycles. The van der Waals surface area contributed by atoms with Gasteiger partial charge in [-0.1, -0.05) is 18.6 Å². The van der Waals surface area contributed by atoms with Crippen LogP contribution in [-0.2, 0) is 0 Å². The molecule has 1 aliphatic heterocycles. The Morgan fingerprint density at radius 3 is 2.31 bits per heavy atom. The van der Waals surface area contributed by atoms with Crippen LogP contribution in [0.25, 0.3) is 0 Å². The van der Waals surface area contributed by atoms with Crippen molar-refractivity contribution in [2.75, 3.05) is 19.6 Å². The smallest absolute Gasteiger partial charge is 0.123 e. The van der Waals surface area contributed by atoms with E-state index in [0.717, 1.165) is 18.7 Å². The van der Waals surface area contributed by atoms with Gasteiger partial charge in [-0.25, -0.2) is 4.39 Å². The molecule has 3 heteroatoms. The van der Waals surface area contributed by atoms with E-state index in [9.17, 15) is 4.39 Å². The first kappa shape index (κ1) is 11.6. The second kappa shape index (κ2) is 5.41. The van der Waals surface area contributed by atoms with E-state index >= 15 is 0 Å². The number of nitrogens with zero attached hydrogens (tertiary/aromatic N) is 1. The van der Waals surface area contributed by atoms with E-state index in [2.05, 4.69) is 4.90 Å². The lowest BCUT2D eigenvalue weighted by atomic mass is 10.0. The highest BCUT2D eigenvalue weighted by Crippen LogP contribution is 2.23. The van der Waals surface area contributed by atoms with Crippen LogP contribution in [0.1, 0.15) is 30.9 Å². The zero-order valence-electron chi connectivity index (χ0n) is 9.53. The van der Waals surface area contributed by atoms with Gasteiger partial charge in [0, 0.05) is 12.6 Å². The summed E-state index contributed by atoms with van der Waals surface area (Å²) in [4.78, 5) is 2.41. The van der Waals surface area contributed by atoms with Crippen LogP contribution in [0.4, 0.5) is 4.39 Å². The van der Waals surface area contributed by atoms with Crippen LogP contribution in [-0.4, -0.2) is 24.5 Å². The molecular formula is C13H19FN2. The third-order valence-corrected chi connectivity index (χ3v) is 3.31. The molecule has 0 saturated carbocycles. The van der Waals surface area contributed by atoms with Crippen molar-refractivity contribution in [3.63, 3.8) is 0 Å². The van der Waals surface area contributed by atoms with Crippen LogP contribution >= 0.6 is 0 Å². The van der Waals surface area contributed by atoms with E-state index in [4.69, 9.17) is 5.73 Å². The van der Waals surface area contributed by atoms with Gasteiger partial charge in [0.2, 0.25) is 0 Å². The summed E-state index contributed by atoms with van der Waals surface area (Å²) in [6.45, 7) is 2.82. The fraction of sp³-hybridized carbons (Fsp3) is 0.538. The first-order valence-corrected chi connectivity index (χ1v) is 6.01. The van der Waals surface area contributed by atoms with Crippen molar-refractivity contribution in [1.29, 1.82) is 0 Å². The zero-order chi connectivity index (χ0) is 11.4. The standard InChI is InChI=1S/C13H19FN2/c14-12-6-4-11(5-7-12)13(10-15)16-8-2-1-3-9-16/h4-7,13H,1-3,8-10,15H2/t13-/m1/s1. The van der Waals surface area contributed by atoms with Crippen LogP contribution in [0.15, 0.2) is 24.3 Å². The maximum Gasteiger partial charge on any atom is 0.123 e. The summed E-state index contributed by atoms with van der Waals surface area (Å²) in [7, 11) is 0. The summed E-state index contributed by atoms with van der Waals surface area (Å²) < 4.78 is 12.9. The molecule has 2 rings (SSSR count). The highest BCUT2D eigenvalue weighted by Gasteiger charge is 2.20. The quantitative estimate of drug-likeness (QED) is 0.850. The van der Waals surface area contributed by atoms with Crippen LogP contribution < -0.4 is 5.73 Å². The Morgan fingerprint density at radius 1 is 1.12 bits per heavy atom. The highest BCUT2D eigenvalue weighted by molar-refractivity contribution is 5.20. The zero-order valence-corrected chi connectivity index (χ0v) is 9.53. The minimum absolute atomic E-state index is 0.182. The number of rotatable bonds is 3. The molecule has 0 amide bonds. The molecule has 1 atom stereocenters. The number of piperidine rings is 1. The molecule has 16 heavy (non-hydrogen) atoms. The van der Waals surface area contributed by atoms with Gasteiger partial charge in [0.15, 0.2) is 0 Å². The van der Waals surface area contributed by atoms with Gasteiger partial charge in [0.05, 0.1) is 0 Å². The number of likely N-dealkylation sites (tertiary alicyclic amines) is 1.